The van der Waals surface area contributed by atoms with Gasteiger partial charge in [0, 0.05) is 5.56 Å². The summed E-state index contributed by atoms with van der Waals surface area (Å²) in [5.41, 5.74) is 1.86. The third kappa shape index (κ3) is 3.17. The smallest absolute Gasteiger partial charge is 0.166 e. The summed E-state index contributed by atoms with van der Waals surface area (Å²) in [5, 5.41) is 0. The lowest BCUT2D eigenvalue weighted by Crippen LogP contribution is -2.05. The second-order valence-electron chi connectivity index (χ2n) is 5.50. The molecule has 0 N–H and O–H groups in total. The van der Waals surface area contributed by atoms with Crippen LogP contribution in [0.1, 0.15) is 50.2 Å². The van der Waals surface area contributed by atoms with Crippen molar-refractivity contribution in [3.63, 3.8) is 0 Å². The lowest BCUT2D eigenvalue weighted by molar-refractivity contribution is 0.493. The minimum Gasteiger partial charge on any atom is -0.203 e. The largest absolute Gasteiger partial charge is 0.203 e. The van der Waals surface area contributed by atoms with E-state index in [0.717, 1.165) is 37.7 Å². The number of hydrogen-bond acceptors (Lipinski definition) is 0. The minimum atomic E-state index is -0.679. The van der Waals surface area contributed by atoms with Gasteiger partial charge in [-0.15, -0.1) is 6.58 Å². The Balaban J connectivity index is 2.23. The number of hydrogen-bond donors (Lipinski definition) is 0. The molecule has 0 aromatic heterocycles. The van der Waals surface area contributed by atoms with Crippen LogP contribution < -0.4 is 0 Å². The highest BCUT2D eigenvalue weighted by Crippen LogP contribution is 2.33. The number of aryl methyl sites for hydroxylation is 1. The van der Waals surface area contributed by atoms with E-state index >= 15 is 0 Å². The van der Waals surface area contributed by atoms with Crippen molar-refractivity contribution in [2.75, 3.05) is 0 Å². The Bertz CT molecular complexity index is 514. The van der Waals surface area contributed by atoms with Crippen LogP contribution in [0.2, 0.25) is 0 Å². The molecule has 0 aliphatic heterocycles. The molecule has 0 bridgehead atoms. The molecule has 1 aliphatic rings. The van der Waals surface area contributed by atoms with Gasteiger partial charge in [-0.05, 0) is 49.2 Å². The van der Waals surface area contributed by atoms with Crippen LogP contribution in [0.3, 0.4) is 0 Å². The molecule has 1 aromatic rings. The van der Waals surface area contributed by atoms with E-state index in [2.05, 4.69) is 6.58 Å². The Morgan fingerprint density at radius 3 is 2.70 bits per heavy atom. The molecule has 0 radical (unpaired) electrons. The van der Waals surface area contributed by atoms with E-state index in [1.807, 2.05) is 19.1 Å². The number of allylic oxidation sites excluding steroid dienone is 3. The zero-order valence-corrected chi connectivity index (χ0v) is 12.1. The Labute approximate surface area is 120 Å². The van der Waals surface area contributed by atoms with Crippen LogP contribution in [-0.2, 0) is 6.42 Å². The molecule has 0 spiro atoms. The summed E-state index contributed by atoms with van der Waals surface area (Å²) in [4.78, 5) is 0. The average Bonchev–Trinajstić information content (AvgIpc) is 2.49. The van der Waals surface area contributed by atoms with Gasteiger partial charge < -0.3 is 0 Å². The van der Waals surface area contributed by atoms with Crippen molar-refractivity contribution < 1.29 is 8.78 Å². The number of rotatable bonds is 5. The molecule has 0 amide bonds. The van der Waals surface area contributed by atoms with E-state index in [9.17, 15) is 8.78 Å². The Kier molecular flexibility index (Phi) is 5.11. The fraction of sp³-hybridized carbons (Fsp3) is 0.444. The second kappa shape index (κ2) is 6.83. The summed E-state index contributed by atoms with van der Waals surface area (Å²) in [7, 11) is 0. The number of halogens is 2. The molecule has 0 saturated heterocycles. The first-order valence-electron chi connectivity index (χ1n) is 7.46. The molecule has 2 heteroatoms. The van der Waals surface area contributed by atoms with Crippen molar-refractivity contribution in [2.24, 2.45) is 5.92 Å². The SMILES string of the molecule is C=CC1CC=C(c2ccc(CCCC)c(F)c2F)CC1. The summed E-state index contributed by atoms with van der Waals surface area (Å²) >= 11 is 0. The number of unbranched alkanes of at least 4 members (excludes halogenated alkanes) is 1. The fourth-order valence-corrected chi connectivity index (χ4v) is 2.71. The summed E-state index contributed by atoms with van der Waals surface area (Å²) in [6.45, 7) is 5.84. The van der Waals surface area contributed by atoms with Crippen LogP contribution in [0, 0.1) is 17.6 Å². The lowest BCUT2D eigenvalue weighted by Gasteiger charge is -2.20. The molecule has 20 heavy (non-hydrogen) atoms. The maximum atomic E-state index is 14.2. The quantitative estimate of drug-likeness (QED) is 0.607. The normalized spacial score (nSPS) is 18.8. The van der Waals surface area contributed by atoms with Crippen molar-refractivity contribution in [2.45, 2.75) is 45.4 Å². The third-order valence-corrected chi connectivity index (χ3v) is 4.09. The second-order valence-corrected chi connectivity index (χ2v) is 5.50. The summed E-state index contributed by atoms with van der Waals surface area (Å²) < 4.78 is 28.3. The predicted octanol–water partition coefficient (Wildman–Crippen LogP) is 5.68. The van der Waals surface area contributed by atoms with Gasteiger partial charge in [0.05, 0.1) is 0 Å². The summed E-state index contributed by atoms with van der Waals surface area (Å²) in [6.07, 6.45) is 9.08. The standard InChI is InChI=1S/C18H22F2/c1-3-5-6-15-11-12-16(18(20)17(15)19)14-9-7-13(4-2)8-10-14/h4,9,11-13H,2-3,5-8,10H2,1H3. The van der Waals surface area contributed by atoms with Crippen LogP contribution >= 0.6 is 0 Å². The Hall–Kier alpha value is -1.44. The van der Waals surface area contributed by atoms with E-state index in [0.29, 0.717) is 23.5 Å². The van der Waals surface area contributed by atoms with Crippen molar-refractivity contribution in [1.82, 2.24) is 0 Å². The first kappa shape index (κ1) is 15.0. The zero-order chi connectivity index (χ0) is 14.5. The van der Waals surface area contributed by atoms with E-state index in [-0.39, 0.29) is 0 Å². The monoisotopic (exact) mass is 276 g/mol. The highest BCUT2D eigenvalue weighted by atomic mass is 19.2. The van der Waals surface area contributed by atoms with Crippen LogP contribution in [0.15, 0.2) is 30.9 Å². The zero-order valence-electron chi connectivity index (χ0n) is 12.1. The lowest BCUT2D eigenvalue weighted by atomic mass is 9.86. The molecule has 2 rings (SSSR count). The van der Waals surface area contributed by atoms with Crippen molar-refractivity contribution in [3.05, 3.63) is 53.6 Å². The summed E-state index contributed by atoms with van der Waals surface area (Å²) in [5.74, 6) is -0.875. The molecule has 0 nitrogen and oxygen atoms in total. The van der Waals surface area contributed by atoms with Gasteiger partial charge in [-0.2, -0.15) is 0 Å². The molecule has 1 aliphatic carbocycles. The topological polar surface area (TPSA) is 0 Å². The Morgan fingerprint density at radius 2 is 2.10 bits per heavy atom. The average molecular weight is 276 g/mol. The van der Waals surface area contributed by atoms with Gasteiger partial charge >= 0.3 is 0 Å². The van der Waals surface area contributed by atoms with Gasteiger partial charge in [0.1, 0.15) is 0 Å². The van der Waals surface area contributed by atoms with Crippen LogP contribution in [0.5, 0.6) is 0 Å². The minimum absolute atomic E-state index is 0.435. The molecule has 1 unspecified atom stereocenters. The van der Waals surface area contributed by atoms with Gasteiger partial charge in [0.2, 0.25) is 0 Å². The van der Waals surface area contributed by atoms with Crippen LogP contribution in [-0.4, -0.2) is 0 Å². The highest BCUT2D eigenvalue weighted by Gasteiger charge is 2.19. The van der Waals surface area contributed by atoms with E-state index in [1.165, 1.54) is 0 Å². The highest BCUT2D eigenvalue weighted by molar-refractivity contribution is 5.67. The van der Waals surface area contributed by atoms with E-state index in [1.54, 1.807) is 12.1 Å². The third-order valence-electron chi connectivity index (χ3n) is 4.09. The molecule has 1 atom stereocenters. The van der Waals surface area contributed by atoms with Crippen molar-refractivity contribution >= 4 is 5.57 Å². The predicted molar refractivity (Wildman–Crippen MR) is 80.5 cm³/mol. The molecule has 0 saturated carbocycles. The van der Waals surface area contributed by atoms with E-state index in [4.69, 9.17) is 0 Å². The van der Waals surface area contributed by atoms with Crippen LogP contribution in [0.4, 0.5) is 8.78 Å². The van der Waals surface area contributed by atoms with Gasteiger partial charge in [0.25, 0.3) is 0 Å². The molecule has 0 fully saturated rings. The molecule has 1 aromatic carbocycles. The molecular formula is C18H22F2. The van der Waals surface area contributed by atoms with E-state index < -0.39 is 11.6 Å². The van der Waals surface area contributed by atoms with Gasteiger partial charge in [-0.1, -0.05) is 37.6 Å². The Morgan fingerprint density at radius 1 is 1.30 bits per heavy atom. The maximum absolute atomic E-state index is 14.2. The first-order chi connectivity index (χ1) is 9.67. The van der Waals surface area contributed by atoms with Crippen LogP contribution in [0.25, 0.3) is 5.57 Å². The maximum Gasteiger partial charge on any atom is 0.166 e. The fourth-order valence-electron chi connectivity index (χ4n) is 2.71. The van der Waals surface area contributed by atoms with Gasteiger partial charge in [0.15, 0.2) is 11.6 Å². The summed E-state index contributed by atoms with van der Waals surface area (Å²) in [6, 6.07) is 3.48. The van der Waals surface area contributed by atoms with Gasteiger partial charge in [-0.3, -0.25) is 0 Å². The molecular weight excluding hydrogens is 254 g/mol. The van der Waals surface area contributed by atoms with Crippen molar-refractivity contribution in [1.29, 1.82) is 0 Å². The van der Waals surface area contributed by atoms with Gasteiger partial charge in [-0.25, -0.2) is 8.78 Å². The van der Waals surface area contributed by atoms with Crippen molar-refractivity contribution in [3.8, 4) is 0 Å². The number of benzene rings is 1. The molecule has 108 valence electrons. The molecule has 0 heterocycles. The first-order valence-corrected chi connectivity index (χ1v) is 7.46.